The van der Waals surface area contributed by atoms with Crippen LogP contribution in [0.15, 0.2) is 18.2 Å². The molecule has 0 aliphatic rings. The summed E-state index contributed by atoms with van der Waals surface area (Å²) in [5, 5.41) is 2.91. The quantitative estimate of drug-likeness (QED) is 0.871. The number of benzene rings is 1. The first-order valence-corrected chi connectivity index (χ1v) is 6.48. The molecule has 18 heavy (non-hydrogen) atoms. The Bertz CT molecular complexity index is 415. The molecule has 3 heteroatoms. The van der Waals surface area contributed by atoms with Crippen molar-refractivity contribution in [1.82, 2.24) is 5.32 Å². The second-order valence-electron chi connectivity index (χ2n) is 4.82. The van der Waals surface area contributed by atoms with Crippen LogP contribution in [0.25, 0.3) is 0 Å². The summed E-state index contributed by atoms with van der Waals surface area (Å²) in [4.78, 5) is 11.8. The zero-order valence-corrected chi connectivity index (χ0v) is 11.9. The van der Waals surface area contributed by atoms with Crippen LogP contribution < -0.4 is 10.1 Å². The highest BCUT2D eigenvalue weighted by atomic mass is 16.5. The van der Waals surface area contributed by atoms with E-state index in [4.69, 9.17) is 4.74 Å². The van der Waals surface area contributed by atoms with Crippen molar-refractivity contribution in [2.45, 2.75) is 53.2 Å². The minimum Gasteiger partial charge on any atom is -0.481 e. The van der Waals surface area contributed by atoms with Crippen LogP contribution in [0.2, 0.25) is 0 Å². The van der Waals surface area contributed by atoms with Gasteiger partial charge in [-0.3, -0.25) is 4.79 Å². The molecule has 0 heterocycles. The number of hydrogen-bond acceptors (Lipinski definition) is 2. The maximum absolute atomic E-state index is 11.8. The molecular weight excluding hydrogens is 226 g/mol. The Hall–Kier alpha value is -1.51. The lowest BCUT2D eigenvalue weighted by molar-refractivity contribution is -0.127. The third-order valence-electron chi connectivity index (χ3n) is 3.16. The minimum absolute atomic E-state index is 0.0671. The summed E-state index contributed by atoms with van der Waals surface area (Å²) in [6.07, 6.45) is 0.448. The molecule has 2 atom stereocenters. The second-order valence-corrected chi connectivity index (χ2v) is 4.82. The average molecular weight is 249 g/mol. The van der Waals surface area contributed by atoms with Gasteiger partial charge in [0.05, 0.1) is 0 Å². The topological polar surface area (TPSA) is 38.3 Å². The van der Waals surface area contributed by atoms with Crippen molar-refractivity contribution in [2.24, 2.45) is 0 Å². The van der Waals surface area contributed by atoms with Gasteiger partial charge in [-0.2, -0.15) is 0 Å². The number of amides is 1. The normalized spacial score (nSPS) is 13.8. The van der Waals surface area contributed by atoms with Gasteiger partial charge in [-0.15, -0.1) is 0 Å². The lowest BCUT2D eigenvalue weighted by Crippen LogP contribution is -2.40. The summed E-state index contributed by atoms with van der Waals surface area (Å²) >= 11 is 0. The van der Waals surface area contributed by atoms with Crippen molar-refractivity contribution >= 4 is 5.91 Å². The number of carbonyl (C=O) groups excluding carboxylic acids is 1. The molecule has 100 valence electrons. The van der Waals surface area contributed by atoms with Crippen molar-refractivity contribution in [3.63, 3.8) is 0 Å². The summed E-state index contributed by atoms with van der Waals surface area (Å²) < 4.78 is 5.65. The van der Waals surface area contributed by atoms with Crippen LogP contribution in [0.1, 0.15) is 38.3 Å². The van der Waals surface area contributed by atoms with Crippen molar-refractivity contribution in [3.05, 3.63) is 29.3 Å². The molecule has 0 saturated heterocycles. The Morgan fingerprint density at radius 3 is 2.50 bits per heavy atom. The third-order valence-corrected chi connectivity index (χ3v) is 3.16. The molecule has 0 bridgehead atoms. The number of carbonyl (C=O) groups is 1. The molecule has 0 fully saturated rings. The van der Waals surface area contributed by atoms with E-state index < -0.39 is 6.10 Å². The van der Waals surface area contributed by atoms with Crippen LogP contribution >= 0.6 is 0 Å². The van der Waals surface area contributed by atoms with E-state index in [2.05, 4.69) is 12.2 Å². The van der Waals surface area contributed by atoms with E-state index in [9.17, 15) is 4.79 Å². The maximum atomic E-state index is 11.8. The molecule has 1 N–H and O–H groups in total. The van der Waals surface area contributed by atoms with E-state index in [1.54, 1.807) is 6.92 Å². The van der Waals surface area contributed by atoms with Gasteiger partial charge in [-0.25, -0.2) is 0 Å². The Morgan fingerprint density at radius 2 is 1.94 bits per heavy atom. The van der Waals surface area contributed by atoms with E-state index in [1.165, 1.54) is 11.1 Å². The van der Waals surface area contributed by atoms with Crippen molar-refractivity contribution < 1.29 is 9.53 Å². The molecule has 0 spiro atoms. The molecule has 0 aliphatic heterocycles. The molecule has 0 saturated carbocycles. The van der Waals surface area contributed by atoms with Gasteiger partial charge in [0.15, 0.2) is 6.10 Å². The number of hydrogen-bond donors (Lipinski definition) is 1. The zero-order valence-electron chi connectivity index (χ0n) is 11.9. The van der Waals surface area contributed by atoms with Crippen LogP contribution in [0.4, 0.5) is 0 Å². The zero-order chi connectivity index (χ0) is 13.7. The van der Waals surface area contributed by atoms with Gasteiger partial charge >= 0.3 is 0 Å². The Balaban J connectivity index is 2.60. The highest BCUT2D eigenvalue weighted by Crippen LogP contribution is 2.17. The van der Waals surface area contributed by atoms with Gasteiger partial charge in [-0.1, -0.05) is 13.0 Å². The largest absolute Gasteiger partial charge is 0.481 e. The minimum atomic E-state index is -0.471. The molecule has 0 aromatic heterocycles. The van der Waals surface area contributed by atoms with Gasteiger partial charge in [0, 0.05) is 6.04 Å². The smallest absolute Gasteiger partial charge is 0.260 e. The first-order chi connectivity index (χ1) is 8.43. The Kier molecular flexibility index (Phi) is 5.20. The lowest BCUT2D eigenvalue weighted by Gasteiger charge is -2.18. The molecule has 2 unspecified atom stereocenters. The van der Waals surface area contributed by atoms with Crippen LogP contribution in [0.5, 0.6) is 5.75 Å². The molecule has 1 amide bonds. The predicted octanol–water partition coefficient (Wildman–Crippen LogP) is 2.99. The Labute approximate surface area is 110 Å². The average Bonchev–Trinajstić information content (AvgIpc) is 2.33. The molecular formula is C15H23NO2. The SMILES string of the molecule is CCC(C)NC(=O)C(C)Oc1ccc(C)c(C)c1. The van der Waals surface area contributed by atoms with E-state index in [0.29, 0.717) is 0 Å². The first kappa shape index (κ1) is 14.6. The van der Waals surface area contributed by atoms with Gasteiger partial charge in [0.1, 0.15) is 5.75 Å². The number of ether oxygens (including phenoxy) is 1. The lowest BCUT2D eigenvalue weighted by atomic mass is 10.1. The van der Waals surface area contributed by atoms with E-state index in [-0.39, 0.29) is 11.9 Å². The summed E-state index contributed by atoms with van der Waals surface area (Å²) in [6.45, 7) is 9.89. The summed E-state index contributed by atoms with van der Waals surface area (Å²) in [5.41, 5.74) is 2.39. The summed E-state index contributed by atoms with van der Waals surface area (Å²) in [5.74, 6) is 0.674. The second kappa shape index (κ2) is 6.43. The molecule has 1 aromatic rings. The summed E-state index contributed by atoms with van der Waals surface area (Å²) in [6, 6.07) is 6.05. The number of nitrogens with one attached hydrogen (secondary N) is 1. The number of rotatable bonds is 5. The van der Waals surface area contributed by atoms with Gasteiger partial charge in [-0.05, 0) is 57.4 Å². The molecule has 0 radical (unpaired) electrons. The fraction of sp³-hybridized carbons (Fsp3) is 0.533. The molecule has 3 nitrogen and oxygen atoms in total. The molecule has 1 rings (SSSR count). The highest BCUT2D eigenvalue weighted by molar-refractivity contribution is 5.80. The van der Waals surface area contributed by atoms with Crippen LogP contribution in [-0.4, -0.2) is 18.1 Å². The fourth-order valence-corrected chi connectivity index (χ4v) is 1.51. The maximum Gasteiger partial charge on any atom is 0.260 e. The molecule has 0 aliphatic carbocycles. The predicted molar refractivity (Wildman–Crippen MR) is 73.9 cm³/mol. The Morgan fingerprint density at radius 1 is 1.28 bits per heavy atom. The van der Waals surface area contributed by atoms with Gasteiger partial charge < -0.3 is 10.1 Å². The molecule has 1 aromatic carbocycles. The number of aryl methyl sites for hydroxylation is 2. The van der Waals surface area contributed by atoms with Crippen molar-refractivity contribution in [2.75, 3.05) is 0 Å². The van der Waals surface area contributed by atoms with Crippen LogP contribution in [0.3, 0.4) is 0 Å². The van der Waals surface area contributed by atoms with Crippen LogP contribution in [0, 0.1) is 13.8 Å². The van der Waals surface area contributed by atoms with E-state index in [0.717, 1.165) is 12.2 Å². The van der Waals surface area contributed by atoms with E-state index >= 15 is 0 Å². The summed E-state index contributed by atoms with van der Waals surface area (Å²) in [7, 11) is 0. The van der Waals surface area contributed by atoms with E-state index in [1.807, 2.05) is 39.0 Å². The van der Waals surface area contributed by atoms with Crippen molar-refractivity contribution in [1.29, 1.82) is 0 Å². The first-order valence-electron chi connectivity index (χ1n) is 6.48. The van der Waals surface area contributed by atoms with Gasteiger partial charge in [0.2, 0.25) is 0 Å². The van der Waals surface area contributed by atoms with Crippen LogP contribution in [-0.2, 0) is 4.79 Å². The van der Waals surface area contributed by atoms with Crippen molar-refractivity contribution in [3.8, 4) is 5.75 Å². The monoisotopic (exact) mass is 249 g/mol. The standard InChI is InChI=1S/C15H23NO2/c1-6-12(4)16-15(17)13(5)18-14-8-7-10(2)11(3)9-14/h7-9,12-13H,6H2,1-5H3,(H,16,17). The highest BCUT2D eigenvalue weighted by Gasteiger charge is 2.16. The third kappa shape index (κ3) is 4.06. The fourth-order valence-electron chi connectivity index (χ4n) is 1.51. The van der Waals surface area contributed by atoms with Gasteiger partial charge in [0.25, 0.3) is 5.91 Å².